The van der Waals surface area contributed by atoms with Crippen molar-refractivity contribution in [3.05, 3.63) is 70.5 Å². The van der Waals surface area contributed by atoms with Gasteiger partial charge in [0.2, 0.25) is 5.91 Å². The maximum absolute atomic E-state index is 13.0. The number of aryl methyl sites for hydroxylation is 1. The van der Waals surface area contributed by atoms with Gasteiger partial charge in [0.15, 0.2) is 0 Å². The zero-order chi connectivity index (χ0) is 21.8. The molecule has 0 unspecified atom stereocenters. The Hall–Kier alpha value is -3.06. The molecule has 0 atom stereocenters. The molecule has 0 N–H and O–H groups in total. The molecule has 0 spiro atoms. The van der Waals surface area contributed by atoms with Crippen molar-refractivity contribution in [3.63, 3.8) is 0 Å². The van der Waals surface area contributed by atoms with Crippen LogP contribution >= 0.6 is 0 Å². The predicted octanol–water partition coefficient (Wildman–Crippen LogP) is 2.27. The Morgan fingerprint density at radius 3 is 2.61 bits per heavy atom. The summed E-state index contributed by atoms with van der Waals surface area (Å²) in [5, 5.41) is 0.546. The minimum absolute atomic E-state index is 0.0267. The highest BCUT2D eigenvalue weighted by Gasteiger charge is 2.26. The lowest BCUT2D eigenvalue weighted by Gasteiger charge is -2.36. The topological polar surface area (TPSA) is 71.3 Å². The number of aromatic nitrogens is 3. The number of hydrogen-bond acceptors (Lipinski definition) is 5. The van der Waals surface area contributed by atoms with Gasteiger partial charge in [-0.05, 0) is 44.0 Å². The molecule has 1 amide bonds. The fourth-order valence-corrected chi connectivity index (χ4v) is 4.26. The van der Waals surface area contributed by atoms with Crippen LogP contribution in [0.25, 0.3) is 10.9 Å². The van der Waals surface area contributed by atoms with E-state index in [9.17, 15) is 9.59 Å². The van der Waals surface area contributed by atoms with Crippen molar-refractivity contribution in [1.82, 2.24) is 24.3 Å². The van der Waals surface area contributed by atoms with E-state index in [2.05, 4.69) is 20.9 Å². The fourth-order valence-electron chi connectivity index (χ4n) is 4.26. The molecule has 31 heavy (non-hydrogen) atoms. The lowest BCUT2D eigenvalue weighted by molar-refractivity contribution is -0.133. The molecular formula is C24H29N5O2. The average molecular weight is 420 g/mol. The number of rotatable bonds is 6. The number of likely N-dealkylation sites (tertiary alicyclic amines) is 1. The monoisotopic (exact) mass is 419 g/mol. The molecule has 1 aliphatic rings. The molecule has 162 valence electrons. The first kappa shape index (κ1) is 21.2. The van der Waals surface area contributed by atoms with Gasteiger partial charge < -0.3 is 9.80 Å². The van der Waals surface area contributed by atoms with Crippen molar-refractivity contribution in [2.45, 2.75) is 38.8 Å². The van der Waals surface area contributed by atoms with Crippen LogP contribution in [0, 0.1) is 6.92 Å². The Morgan fingerprint density at radius 2 is 1.87 bits per heavy atom. The zero-order valence-electron chi connectivity index (χ0n) is 18.2. The van der Waals surface area contributed by atoms with E-state index < -0.39 is 0 Å². The zero-order valence-corrected chi connectivity index (χ0v) is 18.2. The number of carbonyl (C=O) groups excluding carboxylic acids is 1. The minimum atomic E-state index is -0.158. The summed E-state index contributed by atoms with van der Waals surface area (Å²) in [4.78, 5) is 39.0. The van der Waals surface area contributed by atoms with Crippen LogP contribution in [0.15, 0.2) is 53.5 Å². The van der Waals surface area contributed by atoms with Gasteiger partial charge in [0, 0.05) is 51.0 Å². The molecule has 1 saturated heterocycles. The molecule has 1 aromatic carbocycles. The van der Waals surface area contributed by atoms with Gasteiger partial charge in [-0.2, -0.15) is 0 Å². The molecule has 0 radical (unpaired) electrons. The number of likely N-dealkylation sites (N-methyl/N-ethyl adjacent to an activating group) is 1. The van der Waals surface area contributed by atoms with Crippen LogP contribution in [0.4, 0.5) is 0 Å². The number of pyridine rings is 1. The minimum Gasteiger partial charge on any atom is -0.341 e. The molecule has 2 aromatic heterocycles. The van der Waals surface area contributed by atoms with E-state index in [0.29, 0.717) is 16.7 Å². The highest BCUT2D eigenvalue weighted by Crippen LogP contribution is 2.17. The number of benzene rings is 1. The SMILES string of the molecule is Cc1nc2ccccc2c(=O)n1CC(=O)N(C)C1CCN(CCc2ccccn2)CC1. The lowest BCUT2D eigenvalue weighted by atomic mass is 10.0. The maximum Gasteiger partial charge on any atom is 0.261 e. The van der Waals surface area contributed by atoms with Crippen molar-refractivity contribution in [2.24, 2.45) is 0 Å². The van der Waals surface area contributed by atoms with Gasteiger partial charge in [0.25, 0.3) is 5.56 Å². The number of para-hydroxylation sites is 1. The summed E-state index contributed by atoms with van der Waals surface area (Å²) < 4.78 is 1.49. The highest BCUT2D eigenvalue weighted by atomic mass is 16.2. The maximum atomic E-state index is 13.0. The van der Waals surface area contributed by atoms with Gasteiger partial charge in [-0.25, -0.2) is 4.98 Å². The molecule has 0 saturated carbocycles. The van der Waals surface area contributed by atoms with Gasteiger partial charge in [-0.1, -0.05) is 18.2 Å². The highest BCUT2D eigenvalue weighted by molar-refractivity contribution is 5.79. The molecule has 4 rings (SSSR count). The van der Waals surface area contributed by atoms with E-state index in [-0.39, 0.29) is 24.1 Å². The van der Waals surface area contributed by atoms with E-state index in [1.165, 1.54) is 4.57 Å². The number of amides is 1. The number of nitrogens with zero attached hydrogens (tertiary/aromatic N) is 5. The van der Waals surface area contributed by atoms with E-state index in [4.69, 9.17) is 0 Å². The van der Waals surface area contributed by atoms with Gasteiger partial charge in [0.1, 0.15) is 12.4 Å². The van der Waals surface area contributed by atoms with E-state index in [1.807, 2.05) is 48.5 Å². The quantitative estimate of drug-likeness (QED) is 0.613. The molecule has 1 fully saturated rings. The molecule has 3 heterocycles. The molecule has 1 aliphatic heterocycles. The summed E-state index contributed by atoms with van der Waals surface area (Å²) >= 11 is 0. The third-order valence-corrected chi connectivity index (χ3v) is 6.25. The normalized spacial score (nSPS) is 15.3. The summed E-state index contributed by atoms with van der Waals surface area (Å²) in [6, 6.07) is 13.5. The van der Waals surface area contributed by atoms with Gasteiger partial charge in [0.05, 0.1) is 10.9 Å². The van der Waals surface area contributed by atoms with Gasteiger partial charge >= 0.3 is 0 Å². The average Bonchev–Trinajstić information content (AvgIpc) is 2.81. The van der Waals surface area contributed by atoms with Crippen LogP contribution in [0.3, 0.4) is 0 Å². The summed E-state index contributed by atoms with van der Waals surface area (Å²) in [5.74, 6) is 0.518. The molecule has 7 heteroatoms. The van der Waals surface area contributed by atoms with E-state index in [1.54, 1.807) is 13.0 Å². The molecular weight excluding hydrogens is 390 g/mol. The summed E-state index contributed by atoms with van der Waals surface area (Å²) in [6.45, 7) is 4.72. The Morgan fingerprint density at radius 1 is 1.13 bits per heavy atom. The van der Waals surface area contributed by atoms with Crippen molar-refractivity contribution in [2.75, 3.05) is 26.7 Å². The third-order valence-electron chi connectivity index (χ3n) is 6.25. The fraction of sp³-hybridized carbons (Fsp3) is 0.417. The molecule has 0 bridgehead atoms. The Labute approximate surface area is 182 Å². The van der Waals surface area contributed by atoms with Crippen molar-refractivity contribution in [1.29, 1.82) is 0 Å². The van der Waals surface area contributed by atoms with E-state index >= 15 is 0 Å². The molecule has 7 nitrogen and oxygen atoms in total. The molecule has 3 aromatic rings. The van der Waals surface area contributed by atoms with Crippen LogP contribution < -0.4 is 5.56 Å². The summed E-state index contributed by atoms with van der Waals surface area (Å²) in [7, 11) is 1.85. The second-order valence-electron chi connectivity index (χ2n) is 8.22. The van der Waals surface area contributed by atoms with Gasteiger partial charge in [-0.15, -0.1) is 0 Å². The molecule has 0 aliphatic carbocycles. The first-order valence-corrected chi connectivity index (χ1v) is 10.9. The first-order valence-electron chi connectivity index (χ1n) is 10.9. The third kappa shape index (κ3) is 4.82. The summed E-state index contributed by atoms with van der Waals surface area (Å²) in [5.41, 5.74) is 1.62. The van der Waals surface area contributed by atoms with E-state index in [0.717, 1.165) is 44.6 Å². The van der Waals surface area contributed by atoms with Crippen LogP contribution in [-0.2, 0) is 17.8 Å². The van der Waals surface area contributed by atoms with Crippen molar-refractivity contribution < 1.29 is 4.79 Å². The van der Waals surface area contributed by atoms with Crippen molar-refractivity contribution in [3.8, 4) is 0 Å². The Bertz CT molecular complexity index is 1100. The Kier molecular flexibility index (Phi) is 6.42. The number of hydrogen-bond donors (Lipinski definition) is 0. The number of fused-ring (bicyclic) bond motifs is 1. The smallest absolute Gasteiger partial charge is 0.261 e. The largest absolute Gasteiger partial charge is 0.341 e. The lowest BCUT2D eigenvalue weighted by Crippen LogP contribution is -2.47. The van der Waals surface area contributed by atoms with Crippen molar-refractivity contribution >= 4 is 16.8 Å². The second kappa shape index (κ2) is 9.39. The predicted molar refractivity (Wildman–Crippen MR) is 121 cm³/mol. The number of piperidine rings is 1. The van der Waals surface area contributed by atoms with Crippen LogP contribution in [0.5, 0.6) is 0 Å². The first-order chi connectivity index (χ1) is 15.0. The van der Waals surface area contributed by atoms with Gasteiger partial charge in [-0.3, -0.25) is 19.1 Å². The van der Waals surface area contributed by atoms with Crippen LogP contribution in [0.2, 0.25) is 0 Å². The standard InChI is InChI=1S/C24H29N5O2/c1-18-26-22-9-4-3-8-21(22)24(31)29(18)17-23(30)27(2)20-11-15-28(16-12-20)14-10-19-7-5-6-13-25-19/h3-9,13,20H,10-12,14-17H2,1-2H3. The Balaban J connectivity index is 1.34. The van der Waals surface area contributed by atoms with Crippen LogP contribution in [-0.4, -0.2) is 63.0 Å². The summed E-state index contributed by atoms with van der Waals surface area (Å²) in [6.07, 6.45) is 4.65. The number of carbonyl (C=O) groups is 1. The second-order valence-corrected chi connectivity index (χ2v) is 8.22. The van der Waals surface area contributed by atoms with Crippen LogP contribution in [0.1, 0.15) is 24.4 Å².